The molecule has 1 N–H and O–H groups in total. The van der Waals surface area contributed by atoms with Crippen molar-refractivity contribution in [3.63, 3.8) is 0 Å². The summed E-state index contributed by atoms with van der Waals surface area (Å²) in [6, 6.07) is 26.5. The smallest absolute Gasteiger partial charge is 0.0554 e. The van der Waals surface area contributed by atoms with Gasteiger partial charge in [0.15, 0.2) is 0 Å². The van der Waals surface area contributed by atoms with Crippen molar-refractivity contribution in [3.05, 3.63) is 101 Å². The molecule has 3 aromatic carbocycles. The van der Waals surface area contributed by atoms with E-state index in [4.69, 9.17) is 0 Å². The molecule has 0 fully saturated rings. The summed E-state index contributed by atoms with van der Waals surface area (Å²) in [5.41, 5.74) is 6.63. The van der Waals surface area contributed by atoms with Gasteiger partial charge >= 0.3 is 0 Å². The normalized spacial score (nSPS) is 23.2. The molecule has 0 amide bonds. The van der Waals surface area contributed by atoms with Crippen LogP contribution < -0.4 is 5.32 Å². The molecule has 0 bridgehead atoms. The lowest BCUT2D eigenvalue weighted by Crippen LogP contribution is -2.29. The first-order valence-corrected chi connectivity index (χ1v) is 9.97. The molecule has 2 heteroatoms. The zero-order chi connectivity index (χ0) is 17.5. The van der Waals surface area contributed by atoms with Crippen LogP contribution in [-0.4, -0.2) is 0 Å². The van der Waals surface area contributed by atoms with Gasteiger partial charge in [-0.1, -0.05) is 88.7 Å². The third kappa shape index (κ3) is 2.60. The maximum Gasteiger partial charge on any atom is 0.0554 e. The van der Waals surface area contributed by atoms with Crippen LogP contribution in [0.1, 0.15) is 29.5 Å². The Morgan fingerprint density at radius 3 is 2.58 bits per heavy atom. The van der Waals surface area contributed by atoms with Crippen molar-refractivity contribution in [2.45, 2.75) is 18.4 Å². The number of para-hydroxylation sites is 1. The largest absolute Gasteiger partial charge is 0.377 e. The van der Waals surface area contributed by atoms with Crippen LogP contribution in [-0.2, 0) is 0 Å². The van der Waals surface area contributed by atoms with Gasteiger partial charge in [0.1, 0.15) is 0 Å². The van der Waals surface area contributed by atoms with Crippen molar-refractivity contribution in [1.29, 1.82) is 0 Å². The zero-order valence-electron chi connectivity index (χ0n) is 14.4. The van der Waals surface area contributed by atoms with Crippen LogP contribution in [0.15, 0.2) is 89.4 Å². The van der Waals surface area contributed by atoms with E-state index in [-0.39, 0.29) is 0 Å². The van der Waals surface area contributed by atoms with Crippen molar-refractivity contribution >= 4 is 21.6 Å². The highest BCUT2D eigenvalue weighted by molar-refractivity contribution is 9.10. The summed E-state index contributed by atoms with van der Waals surface area (Å²) in [6.45, 7) is 0. The molecule has 1 aliphatic carbocycles. The molecular weight excluding hydrogens is 382 g/mol. The molecule has 26 heavy (non-hydrogen) atoms. The lowest BCUT2D eigenvalue weighted by molar-refractivity contribution is 0.426. The Morgan fingerprint density at radius 2 is 1.73 bits per heavy atom. The van der Waals surface area contributed by atoms with Gasteiger partial charge in [0.2, 0.25) is 0 Å². The summed E-state index contributed by atoms with van der Waals surface area (Å²) in [5.74, 6) is 1.06. The SMILES string of the molecule is Brc1cccc([C@@H]2Nc3c(-c4ccccc4)cccc3[C@@H]3C=CC[C@@H]32)c1. The minimum atomic E-state index is 0.324. The first kappa shape index (κ1) is 15.9. The number of nitrogens with one attached hydrogen (secondary N) is 1. The molecule has 3 atom stereocenters. The molecular formula is C24H20BrN. The molecule has 128 valence electrons. The molecule has 0 radical (unpaired) electrons. The number of hydrogen-bond acceptors (Lipinski definition) is 1. The number of allylic oxidation sites excluding steroid dienone is 2. The van der Waals surface area contributed by atoms with Crippen LogP contribution in [0.25, 0.3) is 11.1 Å². The highest BCUT2D eigenvalue weighted by Gasteiger charge is 2.38. The molecule has 0 saturated heterocycles. The second-order valence-corrected chi connectivity index (χ2v) is 8.08. The van der Waals surface area contributed by atoms with Gasteiger partial charge in [0.05, 0.1) is 6.04 Å². The van der Waals surface area contributed by atoms with E-state index in [1.54, 1.807) is 0 Å². The molecule has 0 spiro atoms. The van der Waals surface area contributed by atoms with Gasteiger partial charge in [0.25, 0.3) is 0 Å². The molecule has 3 aromatic rings. The van der Waals surface area contributed by atoms with Crippen LogP contribution in [0, 0.1) is 5.92 Å². The number of hydrogen-bond donors (Lipinski definition) is 1. The summed E-state index contributed by atoms with van der Waals surface area (Å²) < 4.78 is 1.14. The van der Waals surface area contributed by atoms with E-state index >= 15 is 0 Å². The highest BCUT2D eigenvalue weighted by Crippen LogP contribution is 2.52. The number of rotatable bonds is 2. The third-order valence-corrected chi connectivity index (χ3v) is 6.18. The predicted octanol–water partition coefficient (Wildman–Crippen LogP) is 6.94. The van der Waals surface area contributed by atoms with Crippen molar-refractivity contribution in [2.75, 3.05) is 5.32 Å². The Balaban J connectivity index is 1.66. The molecule has 1 aliphatic heterocycles. The van der Waals surface area contributed by atoms with Gasteiger partial charge in [-0.2, -0.15) is 0 Å². The molecule has 1 nitrogen and oxygen atoms in total. The van der Waals surface area contributed by atoms with E-state index in [2.05, 4.69) is 106 Å². The van der Waals surface area contributed by atoms with Gasteiger partial charge < -0.3 is 5.32 Å². The maximum atomic E-state index is 3.92. The highest BCUT2D eigenvalue weighted by atomic mass is 79.9. The minimum Gasteiger partial charge on any atom is -0.377 e. The maximum absolute atomic E-state index is 3.92. The lowest BCUT2D eigenvalue weighted by atomic mass is 9.76. The summed E-state index contributed by atoms with van der Waals surface area (Å²) in [6.07, 6.45) is 5.89. The number of anilines is 1. The van der Waals surface area contributed by atoms with Crippen LogP contribution >= 0.6 is 15.9 Å². The molecule has 0 saturated carbocycles. The van der Waals surface area contributed by atoms with Gasteiger partial charge in [-0.05, 0) is 41.2 Å². The minimum absolute atomic E-state index is 0.324. The quantitative estimate of drug-likeness (QED) is 0.458. The average molecular weight is 402 g/mol. The number of benzene rings is 3. The molecule has 1 heterocycles. The van der Waals surface area contributed by atoms with Gasteiger partial charge in [0, 0.05) is 21.6 Å². The standard InChI is InChI=1S/C24H20BrN/c25-18-10-4-9-17(15-18)23-21-13-6-12-20(21)22-14-5-11-19(24(22)26-23)16-7-2-1-3-8-16/h1-12,14-15,20-21,23,26H,13H2/t20-,21+,23+/m1/s1. The molecule has 0 unspecified atom stereocenters. The van der Waals surface area contributed by atoms with E-state index in [9.17, 15) is 0 Å². The van der Waals surface area contributed by atoms with Crippen LogP contribution in [0.4, 0.5) is 5.69 Å². The van der Waals surface area contributed by atoms with Gasteiger partial charge in [-0.25, -0.2) is 0 Å². The fourth-order valence-corrected chi connectivity index (χ4v) is 4.93. The topological polar surface area (TPSA) is 12.0 Å². The zero-order valence-corrected chi connectivity index (χ0v) is 16.0. The number of fused-ring (bicyclic) bond motifs is 3. The summed E-state index contributed by atoms with van der Waals surface area (Å²) in [5, 5.41) is 3.92. The summed E-state index contributed by atoms with van der Waals surface area (Å²) in [7, 11) is 0. The molecule has 5 rings (SSSR count). The second-order valence-electron chi connectivity index (χ2n) is 7.17. The molecule has 0 aromatic heterocycles. The van der Waals surface area contributed by atoms with E-state index in [0.717, 1.165) is 10.9 Å². The van der Waals surface area contributed by atoms with Crippen LogP contribution in [0.2, 0.25) is 0 Å². The van der Waals surface area contributed by atoms with Crippen LogP contribution in [0.5, 0.6) is 0 Å². The summed E-state index contributed by atoms with van der Waals surface area (Å²) in [4.78, 5) is 0. The third-order valence-electron chi connectivity index (χ3n) is 5.69. The Labute approximate surface area is 162 Å². The number of halogens is 1. The van der Waals surface area contributed by atoms with Crippen LogP contribution in [0.3, 0.4) is 0 Å². The van der Waals surface area contributed by atoms with E-state index < -0.39 is 0 Å². The van der Waals surface area contributed by atoms with E-state index in [0.29, 0.717) is 17.9 Å². The monoisotopic (exact) mass is 401 g/mol. The van der Waals surface area contributed by atoms with Crippen molar-refractivity contribution in [3.8, 4) is 11.1 Å². The first-order valence-electron chi connectivity index (χ1n) is 9.18. The van der Waals surface area contributed by atoms with E-state index in [1.165, 1.54) is 27.9 Å². The van der Waals surface area contributed by atoms with E-state index in [1.807, 2.05) is 0 Å². The molecule has 2 aliphatic rings. The van der Waals surface area contributed by atoms with Crippen molar-refractivity contribution in [2.24, 2.45) is 5.92 Å². The van der Waals surface area contributed by atoms with Gasteiger partial charge in [-0.15, -0.1) is 0 Å². The predicted molar refractivity (Wildman–Crippen MR) is 112 cm³/mol. The Morgan fingerprint density at radius 1 is 0.885 bits per heavy atom. The summed E-state index contributed by atoms with van der Waals surface area (Å²) >= 11 is 3.64. The fraction of sp³-hybridized carbons (Fsp3) is 0.167. The second kappa shape index (κ2) is 6.44. The Bertz CT molecular complexity index is 977. The Kier molecular flexibility index (Phi) is 3.94. The first-order chi connectivity index (χ1) is 12.8. The van der Waals surface area contributed by atoms with Crippen molar-refractivity contribution in [1.82, 2.24) is 0 Å². The van der Waals surface area contributed by atoms with Crippen molar-refractivity contribution < 1.29 is 0 Å². The fourth-order valence-electron chi connectivity index (χ4n) is 4.51. The Hall–Kier alpha value is -2.32. The lowest BCUT2D eigenvalue weighted by Gasteiger charge is -2.38. The van der Waals surface area contributed by atoms with Gasteiger partial charge in [-0.3, -0.25) is 0 Å². The average Bonchev–Trinajstić information content (AvgIpc) is 3.18.